The van der Waals surface area contributed by atoms with Crippen LogP contribution in [0.5, 0.6) is 0 Å². The Morgan fingerprint density at radius 3 is 1.91 bits per heavy atom. The average molecular weight is 486 g/mol. The number of rotatable bonds is 3. The molecule has 1 aliphatic heterocycles. The molecule has 2 aromatic rings. The summed E-state index contributed by atoms with van der Waals surface area (Å²) in [5.41, 5.74) is -2.66. The molecule has 1 saturated heterocycles. The number of nitrogens with two attached hydrogens (primary N) is 1. The molecule has 0 aromatic heterocycles. The zero-order valence-corrected chi connectivity index (χ0v) is 16.6. The summed E-state index contributed by atoms with van der Waals surface area (Å²) in [6, 6.07) is 3.48. The van der Waals surface area contributed by atoms with Crippen molar-refractivity contribution >= 4 is 11.8 Å². The molecule has 13 heteroatoms. The van der Waals surface area contributed by atoms with Gasteiger partial charge in [0, 0.05) is 17.8 Å². The monoisotopic (exact) mass is 486 g/mol. The highest BCUT2D eigenvalue weighted by Crippen LogP contribution is 2.49. The zero-order valence-electron chi connectivity index (χ0n) is 16.6. The minimum Gasteiger partial charge on any atom is -0.426 e. The second-order valence-electron chi connectivity index (χ2n) is 7.39. The number of halogens is 9. The molecule has 0 saturated carbocycles. The van der Waals surface area contributed by atoms with Gasteiger partial charge in [0.05, 0.1) is 17.7 Å². The molecule has 1 fully saturated rings. The fourth-order valence-corrected chi connectivity index (χ4v) is 3.45. The number of carbonyl (C=O) groups excluding carboxylic acids is 1. The van der Waals surface area contributed by atoms with Crippen molar-refractivity contribution in [2.24, 2.45) is 5.73 Å². The van der Waals surface area contributed by atoms with E-state index in [1.807, 2.05) is 0 Å². The van der Waals surface area contributed by atoms with Crippen LogP contribution in [-0.4, -0.2) is 18.8 Å². The molecule has 4 nitrogen and oxygen atoms in total. The number of nitrogens with zero attached hydrogens (tertiary/aromatic N) is 1. The Balaban J connectivity index is 2.20. The largest absolute Gasteiger partial charge is 0.434 e. The molecule has 180 valence electrons. The van der Waals surface area contributed by atoms with E-state index in [1.165, 1.54) is 18.2 Å². The Labute approximate surface area is 180 Å². The first-order chi connectivity index (χ1) is 15.0. The highest BCUT2D eigenvalue weighted by atomic mass is 19.4. The molecule has 1 heterocycles. The van der Waals surface area contributed by atoms with Crippen LogP contribution < -0.4 is 10.6 Å². The highest BCUT2D eigenvalue weighted by molar-refractivity contribution is 5.91. The van der Waals surface area contributed by atoms with Gasteiger partial charge < -0.3 is 10.5 Å². The number of anilines is 1. The molecule has 2 aromatic carbocycles. The zero-order chi connectivity index (χ0) is 25.0. The maximum Gasteiger partial charge on any atom is 0.434 e. The molecule has 0 spiro atoms. The summed E-state index contributed by atoms with van der Waals surface area (Å²) in [5.74, 6) is 0. The fourth-order valence-electron chi connectivity index (χ4n) is 3.45. The average Bonchev–Trinajstić information content (AvgIpc) is 3.05. The number of aryl methyl sites for hydroxylation is 1. The van der Waals surface area contributed by atoms with E-state index in [0.29, 0.717) is 16.0 Å². The van der Waals surface area contributed by atoms with Crippen molar-refractivity contribution in [1.82, 2.24) is 0 Å². The van der Waals surface area contributed by atoms with Crippen LogP contribution >= 0.6 is 0 Å². The number of hydrogen-bond acceptors (Lipinski definition) is 3. The number of ether oxygens (including phenoxy) is 1. The van der Waals surface area contributed by atoms with Gasteiger partial charge in [-0.1, -0.05) is 6.07 Å². The van der Waals surface area contributed by atoms with Crippen LogP contribution in [0.4, 0.5) is 50.0 Å². The second-order valence-corrected chi connectivity index (χ2v) is 7.39. The quantitative estimate of drug-likeness (QED) is 0.550. The van der Waals surface area contributed by atoms with Gasteiger partial charge in [0.1, 0.15) is 0 Å². The van der Waals surface area contributed by atoms with Crippen LogP contribution in [0, 0.1) is 6.92 Å². The lowest BCUT2D eigenvalue weighted by atomic mass is 9.89. The lowest BCUT2D eigenvalue weighted by Gasteiger charge is -2.31. The van der Waals surface area contributed by atoms with E-state index in [1.54, 1.807) is 6.92 Å². The van der Waals surface area contributed by atoms with Gasteiger partial charge in [-0.05, 0) is 48.4 Å². The van der Waals surface area contributed by atoms with Crippen LogP contribution in [0.2, 0.25) is 0 Å². The van der Waals surface area contributed by atoms with Gasteiger partial charge in [0.25, 0.3) is 5.60 Å². The normalized spacial score (nSPS) is 19.7. The SMILES string of the molecule is Cc1cc(N2CC(c3cc(C(F)(F)F)cc(C(F)(F)F)c3)(C(F)(F)F)OC2=O)ccc1CN. The standard InChI is InChI=1S/C20H15F9N2O2/c1-10-4-15(3-2-11(10)8-30)31-9-17(20(27,28)29,33-16(31)32)12-5-13(18(21,22)23)7-14(6-12)19(24,25)26/h2-7H,8-9,30H2,1H3. The third kappa shape index (κ3) is 4.45. The van der Waals surface area contributed by atoms with Crippen LogP contribution in [0.1, 0.15) is 27.8 Å². The van der Waals surface area contributed by atoms with E-state index < -0.39 is 53.5 Å². The predicted octanol–water partition coefficient (Wildman–Crippen LogP) is 5.91. The number of hydrogen-bond donors (Lipinski definition) is 1. The number of cyclic esters (lactones) is 1. The second kappa shape index (κ2) is 7.82. The Morgan fingerprint density at radius 1 is 0.939 bits per heavy atom. The minimum atomic E-state index is -5.54. The van der Waals surface area contributed by atoms with Gasteiger partial charge in [-0.25, -0.2) is 4.79 Å². The summed E-state index contributed by atoms with van der Waals surface area (Å²) in [6.45, 7) is 0.259. The van der Waals surface area contributed by atoms with E-state index >= 15 is 0 Å². The summed E-state index contributed by atoms with van der Waals surface area (Å²) in [6.07, 6.45) is -17.9. The van der Waals surface area contributed by atoms with Crippen molar-refractivity contribution in [3.05, 3.63) is 64.2 Å². The van der Waals surface area contributed by atoms with Crippen molar-refractivity contribution in [2.45, 2.75) is 37.6 Å². The molecule has 1 unspecified atom stereocenters. The molecule has 1 atom stereocenters. The van der Waals surface area contributed by atoms with E-state index in [2.05, 4.69) is 4.74 Å². The maximum absolute atomic E-state index is 14.1. The third-order valence-corrected chi connectivity index (χ3v) is 5.23. The molecule has 3 rings (SSSR count). The van der Waals surface area contributed by atoms with Crippen molar-refractivity contribution in [3.8, 4) is 0 Å². The van der Waals surface area contributed by atoms with Crippen LogP contribution in [-0.2, 0) is 29.2 Å². The van der Waals surface area contributed by atoms with Gasteiger partial charge in [-0.3, -0.25) is 4.90 Å². The van der Waals surface area contributed by atoms with Crippen molar-refractivity contribution in [1.29, 1.82) is 0 Å². The van der Waals surface area contributed by atoms with Gasteiger partial charge in [-0.2, -0.15) is 39.5 Å². The summed E-state index contributed by atoms with van der Waals surface area (Å²) in [5, 5.41) is 0. The Hall–Kier alpha value is -2.96. The van der Waals surface area contributed by atoms with Gasteiger partial charge in [0.15, 0.2) is 0 Å². The molecule has 0 radical (unpaired) electrons. The number of benzene rings is 2. The number of amides is 1. The minimum absolute atomic E-state index is 0.0908. The van der Waals surface area contributed by atoms with Crippen LogP contribution in [0.15, 0.2) is 36.4 Å². The molecule has 1 amide bonds. The first kappa shape index (κ1) is 24.7. The Kier molecular flexibility index (Phi) is 5.85. The van der Waals surface area contributed by atoms with Crippen molar-refractivity contribution in [3.63, 3.8) is 0 Å². The number of alkyl halides is 9. The molecule has 1 aliphatic rings. The highest BCUT2D eigenvalue weighted by Gasteiger charge is 2.65. The molecular weight excluding hydrogens is 471 g/mol. The molecular formula is C20H15F9N2O2. The van der Waals surface area contributed by atoms with Gasteiger partial charge >= 0.3 is 24.6 Å². The number of carbonyl (C=O) groups is 1. The van der Waals surface area contributed by atoms with Crippen molar-refractivity contribution in [2.75, 3.05) is 11.4 Å². The van der Waals surface area contributed by atoms with Gasteiger partial charge in [0.2, 0.25) is 0 Å². The Bertz CT molecular complexity index is 1040. The summed E-state index contributed by atoms with van der Waals surface area (Å²) in [7, 11) is 0. The lowest BCUT2D eigenvalue weighted by Crippen LogP contribution is -2.46. The smallest absolute Gasteiger partial charge is 0.426 e. The molecule has 2 N–H and O–H groups in total. The first-order valence-corrected chi connectivity index (χ1v) is 9.16. The molecule has 33 heavy (non-hydrogen) atoms. The summed E-state index contributed by atoms with van der Waals surface area (Å²) in [4.78, 5) is 12.9. The molecule has 0 aliphatic carbocycles. The van der Waals surface area contributed by atoms with E-state index in [0.717, 1.165) is 0 Å². The van der Waals surface area contributed by atoms with E-state index in [4.69, 9.17) is 5.73 Å². The summed E-state index contributed by atoms with van der Waals surface area (Å²) >= 11 is 0. The van der Waals surface area contributed by atoms with Gasteiger partial charge in [-0.15, -0.1) is 0 Å². The van der Waals surface area contributed by atoms with E-state index in [9.17, 15) is 44.3 Å². The Morgan fingerprint density at radius 2 is 1.48 bits per heavy atom. The van der Waals surface area contributed by atoms with E-state index in [-0.39, 0.29) is 30.4 Å². The first-order valence-electron chi connectivity index (χ1n) is 9.16. The summed E-state index contributed by atoms with van der Waals surface area (Å²) < 4.78 is 126. The van der Waals surface area contributed by atoms with Crippen molar-refractivity contribution < 1.29 is 49.0 Å². The topological polar surface area (TPSA) is 55.6 Å². The van der Waals surface area contributed by atoms with Crippen LogP contribution in [0.3, 0.4) is 0 Å². The third-order valence-electron chi connectivity index (χ3n) is 5.23. The fraction of sp³-hybridized carbons (Fsp3) is 0.350. The lowest BCUT2D eigenvalue weighted by molar-refractivity contribution is -0.250. The molecule has 0 bridgehead atoms. The van der Waals surface area contributed by atoms with Crippen LogP contribution in [0.25, 0.3) is 0 Å². The predicted molar refractivity (Wildman–Crippen MR) is 97.1 cm³/mol. The maximum atomic E-state index is 14.1.